The lowest BCUT2D eigenvalue weighted by atomic mass is 10.2. The highest BCUT2D eigenvalue weighted by molar-refractivity contribution is 7.92. The minimum atomic E-state index is -3.50. The number of hydrogen-bond acceptors (Lipinski definition) is 4. The Labute approximate surface area is 124 Å². The van der Waals surface area contributed by atoms with Crippen LogP contribution < -0.4 is 10.5 Å². The smallest absolute Gasteiger partial charge is 0.235 e. The number of sulfonamides is 1. The van der Waals surface area contributed by atoms with Crippen LogP contribution in [0.25, 0.3) is 0 Å². The molecule has 110 valence electrons. The monoisotopic (exact) mass is 316 g/mol. The van der Waals surface area contributed by atoms with Gasteiger partial charge in [-0.1, -0.05) is 23.4 Å². The highest BCUT2D eigenvalue weighted by Crippen LogP contribution is 2.21. The highest BCUT2D eigenvalue weighted by atomic mass is 35.5. The molecule has 0 aromatic heterocycles. The van der Waals surface area contributed by atoms with Crippen molar-refractivity contribution in [3.63, 3.8) is 0 Å². The number of ether oxygens (including phenoxy) is 1. The zero-order chi connectivity index (χ0) is 15.0. The molecule has 1 aromatic carbocycles. The van der Waals surface area contributed by atoms with Crippen molar-refractivity contribution in [2.45, 2.75) is 6.92 Å². The van der Waals surface area contributed by atoms with E-state index in [9.17, 15) is 8.42 Å². The lowest BCUT2D eigenvalue weighted by molar-refractivity contribution is 0.163. The van der Waals surface area contributed by atoms with Gasteiger partial charge in [-0.3, -0.25) is 4.72 Å². The van der Waals surface area contributed by atoms with Crippen LogP contribution in [-0.4, -0.2) is 33.9 Å². The van der Waals surface area contributed by atoms with Crippen LogP contribution in [0.2, 0.25) is 5.02 Å². The third-order valence-electron chi connectivity index (χ3n) is 2.27. The van der Waals surface area contributed by atoms with Crippen LogP contribution >= 0.6 is 11.6 Å². The lowest BCUT2D eigenvalue weighted by Gasteiger charge is -2.10. The zero-order valence-electron chi connectivity index (χ0n) is 11.1. The second-order valence-corrected chi connectivity index (χ2v) is 6.09. The molecular weight excluding hydrogens is 300 g/mol. The van der Waals surface area contributed by atoms with Crippen molar-refractivity contribution in [1.82, 2.24) is 0 Å². The molecule has 0 aliphatic rings. The number of nitrogens with two attached hydrogens (primary N) is 1. The van der Waals surface area contributed by atoms with E-state index >= 15 is 0 Å². The Hall–Kier alpha value is -1.26. The van der Waals surface area contributed by atoms with E-state index in [2.05, 4.69) is 16.6 Å². The molecule has 1 rings (SSSR count). The Morgan fingerprint density at radius 2 is 2.20 bits per heavy atom. The van der Waals surface area contributed by atoms with Gasteiger partial charge < -0.3 is 10.5 Å². The molecule has 0 atom stereocenters. The van der Waals surface area contributed by atoms with Crippen LogP contribution in [0.1, 0.15) is 12.5 Å². The summed E-state index contributed by atoms with van der Waals surface area (Å²) in [6.07, 6.45) is 0. The van der Waals surface area contributed by atoms with Crippen LogP contribution in [0, 0.1) is 11.8 Å². The van der Waals surface area contributed by atoms with E-state index in [1.807, 2.05) is 0 Å². The van der Waals surface area contributed by atoms with Gasteiger partial charge in [-0.15, -0.1) is 0 Å². The summed E-state index contributed by atoms with van der Waals surface area (Å²) >= 11 is 5.87. The van der Waals surface area contributed by atoms with Crippen molar-refractivity contribution in [3.05, 3.63) is 28.8 Å². The first-order valence-corrected chi connectivity index (χ1v) is 8.08. The van der Waals surface area contributed by atoms with Gasteiger partial charge in [0.05, 0.1) is 24.6 Å². The quantitative estimate of drug-likeness (QED) is 0.614. The molecule has 0 bridgehead atoms. The van der Waals surface area contributed by atoms with Gasteiger partial charge in [0.1, 0.15) is 0 Å². The Bertz CT molecular complexity index is 606. The van der Waals surface area contributed by atoms with Crippen molar-refractivity contribution >= 4 is 27.3 Å². The van der Waals surface area contributed by atoms with E-state index in [-0.39, 0.29) is 18.9 Å². The van der Waals surface area contributed by atoms with E-state index in [1.54, 1.807) is 19.1 Å². The fourth-order valence-corrected chi connectivity index (χ4v) is 2.50. The molecule has 0 heterocycles. The van der Waals surface area contributed by atoms with Crippen molar-refractivity contribution in [2.75, 3.05) is 30.2 Å². The predicted molar refractivity (Wildman–Crippen MR) is 81.3 cm³/mol. The Morgan fingerprint density at radius 1 is 1.45 bits per heavy atom. The summed E-state index contributed by atoms with van der Waals surface area (Å²) in [6, 6.07) is 4.80. The number of anilines is 1. The van der Waals surface area contributed by atoms with Crippen LogP contribution in [-0.2, 0) is 14.8 Å². The minimum Gasteiger partial charge on any atom is -0.381 e. The Balaban J connectivity index is 2.92. The molecule has 0 saturated heterocycles. The van der Waals surface area contributed by atoms with Gasteiger partial charge in [-0.2, -0.15) is 0 Å². The summed E-state index contributed by atoms with van der Waals surface area (Å²) in [5, 5.41) is 0.422. The molecular formula is C13H17ClN2O3S. The van der Waals surface area contributed by atoms with Crippen molar-refractivity contribution in [3.8, 4) is 11.8 Å². The number of rotatable bonds is 6. The second kappa shape index (κ2) is 8.12. The molecule has 1 aromatic rings. The Kier molecular flexibility index (Phi) is 6.82. The molecule has 0 radical (unpaired) electrons. The number of halogens is 1. The van der Waals surface area contributed by atoms with Gasteiger partial charge >= 0.3 is 0 Å². The first-order chi connectivity index (χ1) is 9.48. The zero-order valence-corrected chi connectivity index (χ0v) is 12.7. The number of hydrogen-bond donors (Lipinski definition) is 2. The molecule has 0 fully saturated rings. The van der Waals surface area contributed by atoms with Gasteiger partial charge in [0, 0.05) is 17.2 Å². The molecule has 7 heteroatoms. The number of benzene rings is 1. The molecule has 0 aliphatic carbocycles. The molecule has 0 saturated carbocycles. The summed E-state index contributed by atoms with van der Waals surface area (Å²) in [7, 11) is -3.50. The van der Waals surface area contributed by atoms with Gasteiger partial charge in [-0.05, 0) is 25.1 Å². The van der Waals surface area contributed by atoms with E-state index in [0.717, 1.165) is 0 Å². The first-order valence-electron chi connectivity index (χ1n) is 6.05. The van der Waals surface area contributed by atoms with Crippen LogP contribution in [0.5, 0.6) is 0 Å². The summed E-state index contributed by atoms with van der Waals surface area (Å²) in [5.74, 6) is 5.35. The normalized spacial score (nSPS) is 10.8. The van der Waals surface area contributed by atoms with E-state index in [0.29, 0.717) is 22.9 Å². The maximum atomic E-state index is 11.9. The second-order valence-electron chi connectivity index (χ2n) is 3.81. The van der Waals surface area contributed by atoms with Gasteiger partial charge in [0.15, 0.2) is 0 Å². The van der Waals surface area contributed by atoms with Crippen molar-refractivity contribution in [1.29, 1.82) is 0 Å². The third kappa shape index (κ3) is 5.80. The average molecular weight is 317 g/mol. The minimum absolute atomic E-state index is 0.128. The number of nitrogens with one attached hydrogen (secondary N) is 1. The summed E-state index contributed by atoms with van der Waals surface area (Å²) in [5.41, 5.74) is 6.18. The molecule has 5 nitrogen and oxygen atoms in total. The van der Waals surface area contributed by atoms with Gasteiger partial charge in [-0.25, -0.2) is 8.42 Å². The molecule has 0 amide bonds. The van der Waals surface area contributed by atoms with Crippen molar-refractivity contribution in [2.24, 2.45) is 5.73 Å². The van der Waals surface area contributed by atoms with Crippen LogP contribution in [0.3, 0.4) is 0 Å². The van der Waals surface area contributed by atoms with E-state index < -0.39 is 10.0 Å². The Morgan fingerprint density at radius 3 is 2.85 bits per heavy atom. The molecule has 3 N–H and O–H groups in total. The average Bonchev–Trinajstić information content (AvgIpc) is 2.37. The van der Waals surface area contributed by atoms with Gasteiger partial charge in [0.25, 0.3) is 0 Å². The van der Waals surface area contributed by atoms with Crippen LogP contribution in [0.15, 0.2) is 18.2 Å². The fourth-order valence-electron chi connectivity index (χ4n) is 1.39. The van der Waals surface area contributed by atoms with Crippen LogP contribution in [0.4, 0.5) is 5.69 Å². The fraction of sp³-hybridized carbons (Fsp3) is 0.385. The van der Waals surface area contributed by atoms with E-state index in [1.165, 1.54) is 6.07 Å². The standard InChI is InChI=1S/C13H17ClN2O3S/c1-2-19-8-9-20(17,18)16-13-10-12(14)6-5-11(13)4-3-7-15/h5-6,10,16H,2,7-9,15H2,1H3. The maximum absolute atomic E-state index is 11.9. The topological polar surface area (TPSA) is 81.4 Å². The molecule has 0 unspecified atom stereocenters. The highest BCUT2D eigenvalue weighted by Gasteiger charge is 2.12. The first kappa shape index (κ1) is 16.8. The summed E-state index contributed by atoms with van der Waals surface area (Å²) < 4.78 is 31.3. The predicted octanol–water partition coefficient (Wildman–Crippen LogP) is 1.43. The van der Waals surface area contributed by atoms with Crippen molar-refractivity contribution < 1.29 is 13.2 Å². The third-order valence-corrected chi connectivity index (χ3v) is 3.74. The SMILES string of the molecule is CCOCCS(=O)(=O)Nc1cc(Cl)ccc1C#CCN. The summed E-state index contributed by atoms with van der Waals surface area (Å²) in [6.45, 7) is 2.60. The molecule has 0 spiro atoms. The van der Waals surface area contributed by atoms with E-state index in [4.69, 9.17) is 22.1 Å². The largest absolute Gasteiger partial charge is 0.381 e. The molecule has 0 aliphatic heterocycles. The summed E-state index contributed by atoms with van der Waals surface area (Å²) in [4.78, 5) is 0. The van der Waals surface area contributed by atoms with Gasteiger partial charge in [0.2, 0.25) is 10.0 Å². The maximum Gasteiger partial charge on any atom is 0.235 e. The lowest BCUT2D eigenvalue weighted by Crippen LogP contribution is -2.20. The molecule has 20 heavy (non-hydrogen) atoms.